The van der Waals surface area contributed by atoms with E-state index in [1.165, 1.54) is 0 Å². The fourth-order valence-corrected chi connectivity index (χ4v) is 4.05. The largest absolute Gasteiger partial charge is 0.378 e. The number of likely N-dealkylation sites (tertiary alicyclic amines) is 1. The van der Waals surface area contributed by atoms with Crippen LogP contribution in [0.4, 0.5) is 5.82 Å². The summed E-state index contributed by atoms with van der Waals surface area (Å²) in [6, 6.07) is 2.02. The molecule has 3 aromatic heterocycles. The van der Waals surface area contributed by atoms with Gasteiger partial charge in [-0.15, -0.1) is 0 Å². The number of imidazole rings is 1. The Bertz CT molecular complexity index is 953. The van der Waals surface area contributed by atoms with Crippen LogP contribution in [0.3, 0.4) is 0 Å². The van der Waals surface area contributed by atoms with Crippen molar-refractivity contribution in [2.24, 2.45) is 7.05 Å². The van der Waals surface area contributed by atoms with Gasteiger partial charge in [-0.2, -0.15) is 0 Å². The van der Waals surface area contributed by atoms with Gasteiger partial charge in [-0.1, -0.05) is 0 Å². The van der Waals surface area contributed by atoms with Gasteiger partial charge in [0.2, 0.25) is 0 Å². The van der Waals surface area contributed by atoms with Crippen LogP contribution < -0.4 is 4.90 Å². The summed E-state index contributed by atoms with van der Waals surface area (Å²) >= 11 is 0. The molecule has 2 fully saturated rings. The van der Waals surface area contributed by atoms with Gasteiger partial charge in [0.25, 0.3) is 0 Å². The van der Waals surface area contributed by atoms with E-state index in [9.17, 15) is 0 Å². The van der Waals surface area contributed by atoms with Crippen molar-refractivity contribution in [1.82, 2.24) is 34.4 Å². The van der Waals surface area contributed by atoms with Crippen LogP contribution in [0.1, 0.15) is 30.5 Å². The van der Waals surface area contributed by atoms with Gasteiger partial charge < -0.3 is 14.2 Å². The lowest BCUT2D eigenvalue weighted by Crippen LogP contribution is -2.37. The first-order chi connectivity index (χ1) is 13.8. The average Bonchev–Trinajstić information content (AvgIpc) is 3.36. The smallest absolute Gasteiger partial charge is 0.165 e. The number of nitrogens with zero attached hydrogens (tertiary/aromatic N) is 8. The predicted octanol–water partition coefficient (Wildman–Crippen LogP) is 1.33. The summed E-state index contributed by atoms with van der Waals surface area (Å²) in [5.41, 5.74) is 1.75. The highest BCUT2D eigenvalue weighted by atomic mass is 16.5. The number of anilines is 1. The molecule has 5 heterocycles. The Balaban J connectivity index is 1.51. The van der Waals surface area contributed by atoms with Crippen LogP contribution in [0, 0.1) is 0 Å². The zero-order valence-electron chi connectivity index (χ0n) is 16.0. The van der Waals surface area contributed by atoms with E-state index < -0.39 is 0 Å². The highest BCUT2D eigenvalue weighted by Gasteiger charge is 2.31. The fourth-order valence-electron chi connectivity index (χ4n) is 4.05. The van der Waals surface area contributed by atoms with Gasteiger partial charge in [0.05, 0.1) is 32.1 Å². The Hall–Kier alpha value is -2.65. The summed E-state index contributed by atoms with van der Waals surface area (Å²) in [6.07, 6.45) is 7.57. The molecule has 9 nitrogen and oxygen atoms in total. The summed E-state index contributed by atoms with van der Waals surface area (Å²) in [5, 5.41) is 0. The molecule has 2 saturated heterocycles. The molecule has 0 amide bonds. The van der Waals surface area contributed by atoms with Gasteiger partial charge in [0.1, 0.15) is 11.6 Å². The molecule has 9 heteroatoms. The molecular weight excluding hydrogens is 356 g/mol. The molecule has 0 saturated carbocycles. The van der Waals surface area contributed by atoms with E-state index >= 15 is 0 Å². The van der Waals surface area contributed by atoms with Gasteiger partial charge in [0.15, 0.2) is 17.0 Å². The fraction of sp³-hybridized carbons (Fsp3) is 0.526. The monoisotopic (exact) mass is 380 g/mol. The van der Waals surface area contributed by atoms with Crippen molar-refractivity contribution in [2.75, 3.05) is 37.7 Å². The first-order valence-corrected chi connectivity index (χ1v) is 9.81. The standard InChI is InChI=1S/C19H24N8O/c1-25-13-22-16-18(25)23-17(24-19(16)26-8-10-28-11-9-26)14-4-2-7-27(14)12-15-20-5-3-6-21-15/h3,5-6,13-14H,2,4,7-12H2,1H3. The third kappa shape index (κ3) is 3.20. The maximum absolute atomic E-state index is 5.52. The third-order valence-electron chi connectivity index (χ3n) is 5.49. The lowest BCUT2D eigenvalue weighted by molar-refractivity contribution is 0.122. The van der Waals surface area contributed by atoms with E-state index in [1.807, 2.05) is 24.0 Å². The molecule has 0 spiro atoms. The van der Waals surface area contributed by atoms with Crippen LogP contribution >= 0.6 is 0 Å². The summed E-state index contributed by atoms with van der Waals surface area (Å²) in [4.78, 5) is 27.9. The van der Waals surface area contributed by atoms with Crippen molar-refractivity contribution in [1.29, 1.82) is 0 Å². The lowest BCUT2D eigenvalue weighted by Gasteiger charge is -2.29. The van der Waals surface area contributed by atoms with Gasteiger partial charge in [0, 0.05) is 32.5 Å². The second-order valence-corrected chi connectivity index (χ2v) is 7.33. The Morgan fingerprint density at radius 3 is 2.71 bits per heavy atom. The minimum absolute atomic E-state index is 0.169. The van der Waals surface area contributed by atoms with Gasteiger partial charge >= 0.3 is 0 Å². The first kappa shape index (κ1) is 17.4. The van der Waals surface area contributed by atoms with E-state index in [0.29, 0.717) is 19.8 Å². The molecule has 1 unspecified atom stereocenters. The van der Waals surface area contributed by atoms with Crippen LogP contribution in [0.2, 0.25) is 0 Å². The molecule has 3 aromatic rings. The molecule has 0 aromatic carbocycles. The number of rotatable bonds is 4. The van der Waals surface area contributed by atoms with Crippen LogP contribution in [-0.2, 0) is 18.3 Å². The Morgan fingerprint density at radius 2 is 1.89 bits per heavy atom. The van der Waals surface area contributed by atoms with E-state index in [-0.39, 0.29) is 6.04 Å². The predicted molar refractivity (Wildman–Crippen MR) is 104 cm³/mol. The van der Waals surface area contributed by atoms with Gasteiger partial charge in [-0.3, -0.25) is 4.90 Å². The molecule has 0 aliphatic carbocycles. The van der Waals surface area contributed by atoms with Gasteiger partial charge in [-0.05, 0) is 25.5 Å². The Labute approximate surface area is 163 Å². The van der Waals surface area contributed by atoms with E-state index in [1.54, 1.807) is 12.4 Å². The van der Waals surface area contributed by atoms with Crippen molar-refractivity contribution < 1.29 is 4.74 Å². The van der Waals surface area contributed by atoms with Crippen LogP contribution in [0.15, 0.2) is 24.8 Å². The topological polar surface area (TPSA) is 85.1 Å². The highest BCUT2D eigenvalue weighted by Crippen LogP contribution is 2.33. The highest BCUT2D eigenvalue weighted by molar-refractivity contribution is 5.83. The second-order valence-electron chi connectivity index (χ2n) is 7.33. The van der Waals surface area contributed by atoms with Crippen molar-refractivity contribution >= 4 is 17.0 Å². The van der Waals surface area contributed by atoms with Crippen LogP contribution in [-0.4, -0.2) is 67.2 Å². The molecule has 2 aliphatic heterocycles. The first-order valence-electron chi connectivity index (χ1n) is 9.81. The minimum Gasteiger partial charge on any atom is -0.378 e. The summed E-state index contributed by atoms with van der Waals surface area (Å²) in [7, 11) is 1.99. The number of aromatic nitrogens is 6. The normalized spacial score (nSPS) is 20.9. The van der Waals surface area contributed by atoms with Crippen LogP contribution in [0.25, 0.3) is 11.2 Å². The maximum atomic E-state index is 5.52. The molecule has 0 radical (unpaired) electrons. The zero-order chi connectivity index (χ0) is 18.9. The molecule has 1 atom stereocenters. The molecule has 0 N–H and O–H groups in total. The molecule has 5 rings (SSSR count). The summed E-state index contributed by atoms with van der Waals surface area (Å²) in [5.74, 6) is 2.63. The lowest BCUT2D eigenvalue weighted by atomic mass is 10.2. The van der Waals surface area contributed by atoms with Crippen LogP contribution in [0.5, 0.6) is 0 Å². The molecule has 146 valence electrons. The number of ether oxygens (including phenoxy) is 1. The quantitative estimate of drug-likeness (QED) is 0.670. The SMILES string of the molecule is Cn1cnc2c(N3CCOCC3)nc(C3CCCN3Cc3ncccn3)nc21. The van der Waals surface area contributed by atoms with E-state index in [4.69, 9.17) is 14.7 Å². The van der Waals surface area contributed by atoms with Crippen molar-refractivity contribution in [3.63, 3.8) is 0 Å². The maximum Gasteiger partial charge on any atom is 0.165 e. The number of hydrogen-bond acceptors (Lipinski definition) is 8. The number of fused-ring (bicyclic) bond motifs is 1. The van der Waals surface area contributed by atoms with Crippen molar-refractivity contribution in [3.8, 4) is 0 Å². The van der Waals surface area contributed by atoms with E-state index in [2.05, 4.69) is 24.8 Å². The van der Waals surface area contributed by atoms with Crippen molar-refractivity contribution in [2.45, 2.75) is 25.4 Å². The number of aryl methyl sites for hydroxylation is 1. The molecule has 28 heavy (non-hydrogen) atoms. The second kappa shape index (κ2) is 7.40. The third-order valence-corrected chi connectivity index (χ3v) is 5.49. The van der Waals surface area contributed by atoms with Gasteiger partial charge in [-0.25, -0.2) is 24.9 Å². The van der Waals surface area contributed by atoms with Crippen molar-refractivity contribution in [3.05, 3.63) is 36.4 Å². The summed E-state index contributed by atoms with van der Waals surface area (Å²) < 4.78 is 7.50. The van der Waals surface area contributed by atoms with E-state index in [0.717, 1.165) is 61.1 Å². The number of morpholine rings is 1. The Kier molecular flexibility index (Phi) is 4.61. The molecular formula is C19H24N8O. The number of hydrogen-bond donors (Lipinski definition) is 0. The minimum atomic E-state index is 0.169. The zero-order valence-corrected chi connectivity index (χ0v) is 16.0. The average molecular weight is 380 g/mol. The molecule has 0 bridgehead atoms. The Morgan fingerprint density at radius 1 is 1.07 bits per heavy atom. The summed E-state index contributed by atoms with van der Waals surface area (Å²) in [6.45, 7) is 4.81. The molecule has 2 aliphatic rings.